The minimum Gasteiger partial charge on any atom is -0.338 e. The van der Waals surface area contributed by atoms with Gasteiger partial charge in [0, 0.05) is 43.3 Å². The van der Waals surface area contributed by atoms with E-state index in [0.717, 1.165) is 32.5 Å². The molecule has 4 rings (SSSR count). The summed E-state index contributed by atoms with van der Waals surface area (Å²) < 4.78 is 16.4. The van der Waals surface area contributed by atoms with E-state index >= 15 is 0 Å². The van der Waals surface area contributed by atoms with Crippen LogP contribution in [0.25, 0.3) is 0 Å². The van der Waals surface area contributed by atoms with Crippen molar-refractivity contribution in [2.75, 3.05) is 20.1 Å². The van der Waals surface area contributed by atoms with Crippen LogP contribution in [-0.4, -0.2) is 51.7 Å². The summed E-state index contributed by atoms with van der Waals surface area (Å²) in [6, 6.07) is 8.75. The highest BCUT2D eigenvalue weighted by Gasteiger charge is 2.32. The zero-order valence-corrected chi connectivity index (χ0v) is 19.8. The van der Waals surface area contributed by atoms with Crippen LogP contribution in [-0.2, 0) is 20.0 Å². The van der Waals surface area contributed by atoms with Gasteiger partial charge in [-0.1, -0.05) is 18.2 Å². The summed E-state index contributed by atoms with van der Waals surface area (Å²) in [7, 11) is 3.84. The fourth-order valence-corrected chi connectivity index (χ4v) is 5.32. The van der Waals surface area contributed by atoms with Gasteiger partial charge in [0.1, 0.15) is 5.82 Å². The van der Waals surface area contributed by atoms with Crippen LogP contribution in [0.5, 0.6) is 0 Å². The fourth-order valence-electron chi connectivity index (χ4n) is 4.69. The normalized spacial score (nSPS) is 16.2. The highest BCUT2D eigenvalue weighted by molar-refractivity contribution is 7.08. The first-order valence-electron chi connectivity index (χ1n) is 11.2. The monoisotopic (exact) mass is 454 g/mol. The number of benzene rings is 1. The lowest BCUT2D eigenvalue weighted by molar-refractivity contribution is 0.0583. The molecule has 170 valence electrons. The van der Waals surface area contributed by atoms with Gasteiger partial charge in [0.15, 0.2) is 0 Å². The number of nitrogens with zero attached hydrogens (tertiary/aromatic N) is 4. The first kappa shape index (κ1) is 22.7. The molecular weight excluding hydrogens is 423 g/mol. The van der Waals surface area contributed by atoms with Crippen LogP contribution in [0.3, 0.4) is 0 Å². The Bertz CT molecular complexity index is 1040. The van der Waals surface area contributed by atoms with Crippen LogP contribution in [0.4, 0.5) is 4.39 Å². The van der Waals surface area contributed by atoms with Crippen molar-refractivity contribution in [1.82, 2.24) is 19.6 Å². The molecule has 3 heterocycles. The van der Waals surface area contributed by atoms with E-state index in [4.69, 9.17) is 0 Å². The molecule has 32 heavy (non-hydrogen) atoms. The molecule has 7 heteroatoms. The molecule has 1 aliphatic heterocycles. The largest absolute Gasteiger partial charge is 0.338 e. The molecule has 3 aromatic rings. The number of hydrogen-bond donors (Lipinski definition) is 0. The number of thiophene rings is 1. The average molecular weight is 455 g/mol. The number of hydrogen-bond acceptors (Lipinski definition) is 4. The molecule has 0 radical (unpaired) electrons. The molecule has 2 aromatic heterocycles. The van der Waals surface area contributed by atoms with Crippen molar-refractivity contribution < 1.29 is 9.18 Å². The molecular formula is C25H31FN4OS. The predicted octanol–water partition coefficient (Wildman–Crippen LogP) is 4.52. The number of rotatable bonds is 7. The Morgan fingerprint density at radius 3 is 2.62 bits per heavy atom. The Morgan fingerprint density at radius 2 is 2.00 bits per heavy atom. The molecule has 0 unspecified atom stereocenters. The molecule has 5 nitrogen and oxygen atoms in total. The molecule has 0 bridgehead atoms. The maximum absolute atomic E-state index is 14.5. The summed E-state index contributed by atoms with van der Waals surface area (Å²) in [4.78, 5) is 17.4. The number of amides is 1. The van der Waals surface area contributed by atoms with Crippen molar-refractivity contribution in [1.29, 1.82) is 0 Å². The van der Waals surface area contributed by atoms with Gasteiger partial charge < -0.3 is 4.90 Å². The number of carbonyl (C=O) groups is 1. The lowest BCUT2D eigenvalue weighted by Crippen LogP contribution is -2.47. The summed E-state index contributed by atoms with van der Waals surface area (Å²) in [5.74, 6) is 0.146. The van der Waals surface area contributed by atoms with Crippen molar-refractivity contribution in [3.63, 3.8) is 0 Å². The van der Waals surface area contributed by atoms with Crippen LogP contribution in [0.1, 0.15) is 40.0 Å². The number of likely N-dealkylation sites (tertiary alicyclic amines) is 1. The molecule has 1 aromatic carbocycles. The maximum atomic E-state index is 14.5. The van der Waals surface area contributed by atoms with Crippen LogP contribution in [0.15, 0.2) is 47.3 Å². The third-order valence-corrected chi connectivity index (χ3v) is 7.56. The second-order valence-electron chi connectivity index (χ2n) is 8.78. The van der Waals surface area contributed by atoms with Gasteiger partial charge in [-0.05, 0) is 68.3 Å². The Balaban J connectivity index is 1.48. The summed E-state index contributed by atoms with van der Waals surface area (Å²) in [5, 5.41) is 8.17. The Labute approximate surface area is 193 Å². The van der Waals surface area contributed by atoms with E-state index in [-0.39, 0.29) is 17.8 Å². The molecule has 0 spiro atoms. The van der Waals surface area contributed by atoms with Gasteiger partial charge in [0.25, 0.3) is 5.91 Å². The minimum atomic E-state index is -0.196. The Kier molecular flexibility index (Phi) is 7.06. The van der Waals surface area contributed by atoms with Gasteiger partial charge in [0.05, 0.1) is 11.8 Å². The second-order valence-corrected chi connectivity index (χ2v) is 9.56. The van der Waals surface area contributed by atoms with E-state index in [0.29, 0.717) is 23.5 Å². The number of piperidine rings is 1. The SMILES string of the molecule is Cc1c(CN2CCC([C@@H](Cc3ccccc3F)N(C)C(=O)c3ccsc3)CC2)cnn1C. The molecule has 0 saturated carbocycles. The van der Waals surface area contributed by atoms with E-state index in [1.54, 1.807) is 6.07 Å². The molecule has 1 amide bonds. The van der Waals surface area contributed by atoms with Crippen molar-refractivity contribution in [2.24, 2.45) is 13.0 Å². The van der Waals surface area contributed by atoms with Gasteiger partial charge in [-0.2, -0.15) is 16.4 Å². The fraction of sp³-hybridized carbons (Fsp3) is 0.440. The lowest BCUT2D eigenvalue weighted by atomic mass is 9.84. The van der Waals surface area contributed by atoms with E-state index in [9.17, 15) is 9.18 Å². The molecule has 0 N–H and O–H groups in total. The Morgan fingerprint density at radius 1 is 1.25 bits per heavy atom. The highest BCUT2D eigenvalue weighted by Crippen LogP contribution is 2.29. The number of aromatic nitrogens is 2. The van der Waals surface area contributed by atoms with Crippen LogP contribution in [0.2, 0.25) is 0 Å². The van der Waals surface area contributed by atoms with Crippen molar-refractivity contribution in [3.8, 4) is 0 Å². The molecule has 0 aliphatic carbocycles. The zero-order chi connectivity index (χ0) is 22.7. The van der Waals surface area contributed by atoms with Crippen molar-refractivity contribution in [2.45, 2.75) is 38.8 Å². The topological polar surface area (TPSA) is 41.4 Å². The third kappa shape index (κ3) is 4.94. The van der Waals surface area contributed by atoms with E-state index < -0.39 is 0 Å². The summed E-state index contributed by atoms with van der Waals surface area (Å²) in [6.45, 7) is 4.93. The molecule has 1 atom stereocenters. The van der Waals surface area contributed by atoms with E-state index in [1.165, 1.54) is 28.7 Å². The summed E-state index contributed by atoms with van der Waals surface area (Å²) in [6.07, 6.45) is 4.46. The van der Waals surface area contributed by atoms with Gasteiger partial charge >= 0.3 is 0 Å². The smallest absolute Gasteiger partial charge is 0.254 e. The van der Waals surface area contributed by atoms with Gasteiger partial charge in [-0.25, -0.2) is 4.39 Å². The van der Waals surface area contributed by atoms with Gasteiger partial charge in [0.2, 0.25) is 0 Å². The quantitative estimate of drug-likeness (QED) is 0.527. The number of halogens is 1. The van der Waals surface area contributed by atoms with Crippen molar-refractivity contribution in [3.05, 3.63) is 75.5 Å². The zero-order valence-electron chi connectivity index (χ0n) is 19.0. The summed E-state index contributed by atoms with van der Waals surface area (Å²) in [5.41, 5.74) is 3.85. The highest BCUT2D eigenvalue weighted by atomic mass is 32.1. The van der Waals surface area contributed by atoms with Crippen LogP contribution >= 0.6 is 11.3 Å². The summed E-state index contributed by atoms with van der Waals surface area (Å²) >= 11 is 1.52. The van der Waals surface area contributed by atoms with Gasteiger partial charge in [-0.3, -0.25) is 14.4 Å². The van der Waals surface area contributed by atoms with Crippen LogP contribution in [0, 0.1) is 18.7 Å². The molecule has 1 fully saturated rings. The number of likely N-dealkylation sites (N-methyl/N-ethyl adjacent to an activating group) is 1. The first-order chi connectivity index (χ1) is 15.4. The van der Waals surface area contributed by atoms with E-state index in [1.807, 2.05) is 58.8 Å². The van der Waals surface area contributed by atoms with Crippen LogP contribution < -0.4 is 0 Å². The number of carbonyl (C=O) groups excluding carboxylic acids is 1. The third-order valence-electron chi connectivity index (χ3n) is 6.88. The molecule has 1 aliphatic rings. The number of aryl methyl sites for hydroxylation is 1. The first-order valence-corrected chi connectivity index (χ1v) is 12.1. The maximum Gasteiger partial charge on any atom is 0.254 e. The van der Waals surface area contributed by atoms with Gasteiger partial charge in [-0.15, -0.1) is 0 Å². The minimum absolute atomic E-state index is 0.0148. The predicted molar refractivity (Wildman–Crippen MR) is 126 cm³/mol. The molecule has 1 saturated heterocycles. The second kappa shape index (κ2) is 9.96. The lowest BCUT2D eigenvalue weighted by Gasteiger charge is -2.40. The Hall–Kier alpha value is -2.51. The van der Waals surface area contributed by atoms with Crippen molar-refractivity contribution >= 4 is 17.2 Å². The average Bonchev–Trinajstić information content (AvgIpc) is 3.45. The standard InChI is InChI=1S/C25H31FN4OS/c1-18-22(15-27-29(18)3)16-30-11-8-19(9-12-30)24(14-20-6-4-5-7-23(20)26)28(2)25(31)21-10-13-32-17-21/h4-7,10,13,15,17,19,24H,8-9,11-12,14,16H2,1-3H3/t24-/m1/s1. The van der Waals surface area contributed by atoms with E-state index in [2.05, 4.69) is 16.9 Å².